The molecule has 0 aliphatic carbocycles. The molecule has 1 N–H and O–H groups in total. The van der Waals surface area contributed by atoms with Crippen molar-refractivity contribution in [3.8, 4) is 11.5 Å². The number of phosphoric ester groups is 1. The fraction of sp³-hybridized carbons (Fsp3) is 0.259. The minimum Gasteiger partial charge on any atom is -0.496 e. The van der Waals surface area contributed by atoms with Crippen molar-refractivity contribution < 1.29 is 23.2 Å². The molecule has 0 aromatic heterocycles. The maximum Gasteiger partial charge on any atom is 0.584 e. The Kier molecular flexibility index (Phi) is 7.13. The first-order valence-electron chi connectivity index (χ1n) is 11.2. The Labute approximate surface area is 205 Å². The highest BCUT2D eigenvalue weighted by atomic mass is 32.2. The molecule has 3 aromatic carbocycles. The molecule has 1 aliphatic rings. The van der Waals surface area contributed by atoms with Crippen molar-refractivity contribution in [2.24, 2.45) is 0 Å². The van der Waals surface area contributed by atoms with Crippen molar-refractivity contribution in [3.05, 3.63) is 82.9 Å². The van der Waals surface area contributed by atoms with Gasteiger partial charge in [-0.3, -0.25) is 4.89 Å². The fourth-order valence-corrected chi connectivity index (χ4v) is 5.94. The van der Waals surface area contributed by atoms with Crippen molar-refractivity contribution in [1.82, 2.24) is 0 Å². The monoisotopic (exact) mass is 496 g/mol. The lowest BCUT2D eigenvalue weighted by Gasteiger charge is -2.23. The van der Waals surface area contributed by atoms with Crippen LogP contribution in [0.25, 0.3) is 11.8 Å². The lowest BCUT2D eigenvalue weighted by Crippen LogP contribution is -2.05. The van der Waals surface area contributed by atoms with E-state index in [2.05, 4.69) is 0 Å². The van der Waals surface area contributed by atoms with E-state index in [0.29, 0.717) is 17.1 Å². The maximum absolute atomic E-state index is 13.4. The van der Waals surface area contributed by atoms with Gasteiger partial charge in [0.2, 0.25) is 0 Å². The second-order valence-electron chi connectivity index (χ2n) is 8.71. The van der Waals surface area contributed by atoms with Crippen molar-refractivity contribution in [2.75, 3.05) is 7.11 Å². The zero-order valence-electron chi connectivity index (χ0n) is 19.9. The van der Waals surface area contributed by atoms with Gasteiger partial charge in [0.25, 0.3) is 0 Å². The van der Waals surface area contributed by atoms with Crippen LogP contribution in [-0.2, 0) is 9.09 Å². The zero-order valence-corrected chi connectivity index (χ0v) is 21.7. The van der Waals surface area contributed by atoms with Crippen LogP contribution in [0, 0.1) is 0 Å². The average Bonchev–Trinajstić information content (AvgIpc) is 2.94. The molecule has 4 rings (SSSR count). The quantitative estimate of drug-likeness (QED) is 0.333. The molecule has 0 saturated carbocycles. The van der Waals surface area contributed by atoms with Crippen molar-refractivity contribution >= 4 is 31.4 Å². The third-order valence-electron chi connectivity index (χ3n) is 5.62. The summed E-state index contributed by atoms with van der Waals surface area (Å²) in [4.78, 5) is 12.8. The molecule has 0 saturated heterocycles. The van der Waals surface area contributed by atoms with Crippen LogP contribution in [-0.4, -0.2) is 12.0 Å². The molecule has 0 amide bonds. The largest absolute Gasteiger partial charge is 0.584 e. The summed E-state index contributed by atoms with van der Waals surface area (Å²) in [6.07, 6.45) is 1.78. The first-order chi connectivity index (χ1) is 16.2. The molecule has 0 spiro atoms. The van der Waals surface area contributed by atoms with Gasteiger partial charge in [0.05, 0.1) is 12.0 Å². The van der Waals surface area contributed by atoms with Gasteiger partial charge < -0.3 is 13.8 Å². The average molecular weight is 497 g/mol. The van der Waals surface area contributed by atoms with Crippen LogP contribution in [0.2, 0.25) is 0 Å². The van der Waals surface area contributed by atoms with Crippen LogP contribution in [0.15, 0.2) is 70.5 Å². The third-order valence-corrected chi connectivity index (χ3v) is 7.68. The van der Waals surface area contributed by atoms with E-state index in [-0.39, 0.29) is 17.6 Å². The zero-order chi connectivity index (χ0) is 24.5. The number of methoxy groups -OCH3 is 1. The Hall–Kier alpha value is -2.66. The van der Waals surface area contributed by atoms with Gasteiger partial charge in [0, 0.05) is 10.5 Å². The number of hydrogen-bond acceptors (Lipinski definition) is 5. The number of ether oxygens (including phenoxy) is 1. The smallest absolute Gasteiger partial charge is 0.496 e. The Balaban J connectivity index is 1.78. The molecule has 1 heterocycles. The van der Waals surface area contributed by atoms with E-state index >= 15 is 0 Å². The molecular weight excluding hydrogens is 467 g/mol. The van der Waals surface area contributed by atoms with E-state index in [1.165, 1.54) is 11.8 Å². The van der Waals surface area contributed by atoms with E-state index < -0.39 is 7.82 Å². The Morgan fingerprint density at radius 2 is 1.50 bits per heavy atom. The molecule has 0 bridgehead atoms. The topological polar surface area (TPSA) is 65.0 Å². The van der Waals surface area contributed by atoms with Crippen LogP contribution in [0.3, 0.4) is 0 Å². The van der Waals surface area contributed by atoms with Gasteiger partial charge in [-0.2, -0.15) is 0 Å². The molecule has 178 valence electrons. The summed E-state index contributed by atoms with van der Waals surface area (Å²) in [5.41, 5.74) is 3.27. The third kappa shape index (κ3) is 5.05. The highest BCUT2D eigenvalue weighted by Crippen LogP contribution is 2.54. The fourth-order valence-electron chi connectivity index (χ4n) is 3.92. The SMILES string of the molecule is COc1cccc2c1Sc1ccccc1C=C2OP(=O)(O)Oc1c(C(C)C)cccc1C(C)C. The van der Waals surface area contributed by atoms with Gasteiger partial charge in [-0.25, -0.2) is 4.57 Å². The minimum atomic E-state index is -4.54. The first-order valence-corrected chi connectivity index (χ1v) is 13.5. The van der Waals surface area contributed by atoms with Crippen LogP contribution >= 0.6 is 19.6 Å². The first kappa shape index (κ1) is 24.5. The van der Waals surface area contributed by atoms with Crippen LogP contribution in [0.4, 0.5) is 0 Å². The van der Waals surface area contributed by atoms with Crippen molar-refractivity contribution in [3.63, 3.8) is 0 Å². The second kappa shape index (κ2) is 9.91. The summed E-state index contributed by atoms with van der Waals surface area (Å²) in [6.45, 7) is 8.11. The summed E-state index contributed by atoms with van der Waals surface area (Å²) < 4.78 is 30.6. The minimum absolute atomic E-state index is 0.110. The van der Waals surface area contributed by atoms with E-state index in [4.69, 9.17) is 13.8 Å². The summed E-state index contributed by atoms with van der Waals surface area (Å²) >= 11 is 1.53. The summed E-state index contributed by atoms with van der Waals surface area (Å²) in [6, 6.07) is 19.2. The number of phosphoric acid groups is 1. The normalized spacial score (nSPS) is 14.5. The predicted molar refractivity (Wildman–Crippen MR) is 138 cm³/mol. The number of fused-ring (bicyclic) bond motifs is 2. The van der Waals surface area contributed by atoms with Crippen LogP contribution in [0.5, 0.6) is 11.5 Å². The lowest BCUT2D eigenvalue weighted by atomic mass is 9.94. The van der Waals surface area contributed by atoms with Crippen molar-refractivity contribution in [2.45, 2.75) is 49.3 Å². The van der Waals surface area contributed by atoms with E-state index in [9.17, 15) is 9.46 Å². The number of para-hydroxylation sites is 1. The van der Waals surface area contributed by atoms with E-state index in [1.54, 1.807) is 13.2 Å². The van der Waals surface area contributed by atoms with Crippen molar-refractivity contribution in [1.29, 1.82) is 0 Å². The number of rotatable bonds is 7. The number of hydrogen-bond donors (Lipinski definition) is 1. The summed E-state index contributed by atoms with van der Waals surface area (Å²) in [5, 5.41) is 0. The standard InChI is InChI=1S/C27H29O5PS/c1-17(2)20-11-8-12-21(18(3)4)26(20)32-33(28,29)31-24-16-19-10-6-7-15-25(19)34-27-22(24)13-9-14-23(27)30-5/h6-18H,1-5H3,(H,28,29). The molecule has 1 aliphatic heterocycles. The Morgan fingerprint density at radius 1 is 0.853 bits per heavy atom. The molecule has 1 unspecified atom stereocenters. The molecule has 34 heavy (non-hydrogen) atoms. The predicted octanol–water partition coefficient (Wildman–Crippen LogP) is 8.10. The molecule has 3 aromatic rings. The van der Waals surface area contributed by atoms with Crippen LogP contribution in [0.1, 0.15) is 61.8 Å². The summed E-state index contributed by atoms with van der Waals surface area (Å²) in [7, 11) is -2.94. The molecule has 5 nitrogen and oxygen atoms in total. The van der Waals surface area contributed by atoms with Gasteiger partial charge in [0.15, 0.2) is 0 Å². The van der Waals surface area contributed by atoms with Gasteiger partial charge in [-0.05, 0) is 52.8 Å². The lowest BCUT2D eigenvalue weighted by molar-refractivity contribution is 0.274. The molecule has 0 fully saturated rings. The number of benzene rings is 3. The highest BCUT2D eigenvalue weighted by molar-refractivity contribution is 7.99. The van der Waals surface area contributed by atoms with Gasteiger partial charge in [0.1, 0.15) is 17.3 Å². The van der Waals surface area contributed by atoms with Crippen LogP contribution < -0.4 is 9.26 Å². The molecule has 0 radical (unpaired) electrons. The van der Waals surface area contributed by atoms with E-state index in [0.717, 1.165) is 26.5 Å². The highest BCUT2D eigenvalue weighted by Gasteiger charge is 2.32. The second-order valence-corrected chi connectivity index (χ2v) is 11.1. The molecule has 1 atom stereocenters. The molecular formula is C27H29O5PS. The maximum atomic E-state index is 13.4. The summed E-state index contributed by atoms with van der Waals surface area (Å²) in [5.74, 6) is 1.55. The van der Waals surface area contributed by atoms with E-state index in [1.807, 2.05) is 88.4 Å². The van der Waals surface area contributed by atoms with Gasteiger partial charge >= 0.3 is 7.82 Å². The Morgan fingerprint density at radius 3 is 2.15 bits per heavy atom. The van der Waals surface area contributed by atoms with Gasteiger partial charge in [-0.1, -0.05) is 81.9 Å². The van der Waals surface area contributed by atoms with Gasteiger partial charge in [-0.15, -0.1) is 0 Å². The molecule has 7 heteroatoms. The Bertz CT molecular complexity index is 1260.